The van der Waals surface area contributed by atoms with Gasteiger partial charge in [0.25, 0.3) is 5.91 Å². The van der Waals surface area contributed by atoms with Crippen LogP contribution in [0.1, 0.15) is 18.4 Å². The van der Waals surface area contributed by atoms with E-state index in [9.17, 15) is 4.79 Å². The van der Waals surface area contributed by atoms with Gasteiger partial charge in [-0.3, -0.25) is 9.69 Å². The average molecular weight is 349 g/mol. The van der Waals surface area contributed by atoms with Crippen molar-refractivity contribution < 1.29 is 14.3 Å². The van der Waals surface area contributed by atoms with E-state index in [1.54, 1.807) is 19.1 Å². The molecule has 0 saturated carbocycles. The van der Waals surface area contributed by atoms with Gasteiger partial charge in [0.2, 0.25) is 0 Å². The first kappa shape index (κ1) is 17.0. The predicted octanol–water partition coefficient (Wildman–Crippen LogP) is 1.21. The number of amides is 1. The maximum absolute atomic E-state index is 13.1. The molecule has 1 aromatic rings. The van der Waals surface area contributed by atoms with Gasteiger partial charge in [-0.05, 0) is 43.9 Å². The zero-order valence-electron chi connectivity index (χ0n) is 14.5. The monoisotopic (exact) mass is 349 g/mol. The maximum atomic E-state index is 13.1. The maximum Gasteiger partial charge on any atom is 0.256 e. The lowest BCUT2D eigenvalue weighted by Gasteiger charge is -2.28. The molecule has 2 fully saturated rings. The molecule has 1 amide bonds. The molecule has 6 nitrogen and oxygen atoms in total. The Morgan fingerprint density at radius 3 is 2.42 bits per heavy atom. The molecule has 2 aliphatic rings. The van der Waals surface area contributed by atoms with Crippen molar-refractivity contribution in [2.24, 2.45) is 0 Å². The number of benzene rings is 1. The van der Waals surface area contributed by atoms with Gasteiger partial charge in [-0.25, -0.2) is 0 Å². The lowest BCUT2D eigenvalue weighted by molar-refractivity contribution is -0.130. The fourth-order valence-corrected chi connectivity index (χ4v) is 4.16. The van der Waals surface area contributed by atoms with E-state index in [0.29, 0.717) is 18.2 Å². The fraction of sp³-hybridized carbons (Fsp3) is 0.529. The summed E-state index contributed by atoms with van der Waals surface area (Å²) in [5.74, 6) is 1.45. The van der Waals surface area contributed by atoms with Crippen LogP contribution in [0.4, 0.5) is 0 Å². The van der Waals surface area contributed by atoms with E-state index >= 15 is 0 Å². The number of hydrogen-bond acceptors (Lipinski definition) is 5. The zero-order chi connectivity index (χ0) is 17.5. The third-order valence-electron chi connectivity index (χ3n) is 4.90. The molecule has 7 heteroatoms. The largest absolute Gasteiger partial charge is 0.497 e. The number of likely N-dealkylation sites (tertiary alicyclic amines) is 1. The summed E-state index contributed by atoms with van der Waals surface area (Å²) in [7, 11) is 5.27. The second-order valence-electron chi connectivity index (χ2n) is 6.35. The quantitative estimate of drug-likeness (QED) is 0.825. The van der Waals surface area contributed by atoms with Gasteiger partial charge in [0, 0.05) is 31.6 Å². The molecule has 130 valence electrons. The van der Waals surface area contributed by atoms with Gasteiger partial charge < -0.3 is 19.7 Å². The highest BCUT2D eigenvalue weighted by Crippen LogP contribution is 2.41. The van der Waals surface area contributed by atoms with Crippen molar-refractivity contribution >= 4 is 23.2 Å². The van der Waals surface area contributed by atoms with Gasteiger partial charge in [-0.2, -0.15) is 0 Å². The highest BCUT2D eigenvalue weighted by atomic mass is 32.1. The topological polar surface area (TPSA) is 54.0 Å². The van der Waals surface area contributed by atoms with E-state index in [4.69, 9.17) is 21.7 Å². The van der Waals surface area contributed by atoms with Gasteiger partial charge in [0.1, 0.15) is 17.0 Å². The molecular formula is C17H23N3O3S. The molecular weight excluding hydrogens is 326 g/mol. The third-order valence-corrected chi connectivity index (χ3v) is 5.23. The number of nitrogens with zero attached hydrogens (tertiary/aromatic N) is 2. The average Bonchev–Trinajstić information content (AvgIpc) is 3.03. The van der Waals surface area contributed by atoms with E-state index < -0.39 is 5.54 Å². The number of hydrogen-bond donors (Lipinski definition) is 1. The van der Waals surface area contributed by atoms with Crippen molar-refractivity contribution in [3.8, 4) is 11.5 Å². The van der Waals surface area contributed by atoms with E-state index in [1.165, 1.54) is 0 Å². The molecule has 24 heavy (non-hydrogen) atoms. The van der Waals surface area contributed by atoms with Crippen LogP contribution in [-0.4, -0.2) is 67.3 Å². The van der Waals surface area contributed by atoms with Crippen LogP contribution in [0.15, 0.2) is 18.2 Å². The third kappa shape index (κ3) is 2.52. The summed E-state index contributed by atoms with van der Waals surface area (Å²) < 4.78 is 10.8. The Hall–Kier alpha value is -1.86. The SMILES string of the molecule is CCN1C(=O)[C@@]2(CN(C)C[C@@H]2c2cc(OC)cc(OC)c2)NC1=S. The van der Waals surface area contributed by atoms with Crippen molar-refractivity contribution in [2.75, 3.05) is 40.9 Å². The Morgan fingerprint density at radius 2 is 1.92 bits per heavy atom. The number of carbonyl (C=O) groups is 1. The molecule has 2 aliphatic heterocycles. The minimum absolute atomic E-state index is 0.0338. The summed E-state index contributed by atoms with van der Waals surface area (Å²) >= 11 is 5.39. The van der Waals surface area contributed by atoms with Crippen molar-refractivity contribution in [1.29, 1.82) is 0 Å². The number of rotatable bonds is 4. The van der Waals surface area contributed by atoms with Gasteiger partial charge in [-0.1, -0.05) is 0 Å². The molecule has 1 N–H and O–H groups in total. The molecule has 2 heterocycles. The molecule has 0 radical (unpaired) electrons. The Morgan fingerprint density at radius 1 is 1.29 bits per heavy atom. The van der Waals surface area contributed by atoms with Crippen LogP contribution in [0.2, 0.25) is 0 Å². The number of carbonyl (C=O) groups excluding carboxylic acids is 1. The van der Waals surface area contributed by atoms with Crippen molar-refractivity contribution in [3.05, 3.63) is 23.8 Å². The normalized spacial score (nSPS) is 27.0. The predicted molar refractivity (Wildman–Crippen MR) is 95.6 cm³/mol. The molecule has 0 aromatic heterocycles. The minimum atomic E-state index is -0.723. The van der Waals surface area contributed by atoms with E-state index in [1.807, 2.05) is 32.2 Å². The first-order valence-electron chi connectivity index (χ1n) is 8.00. The number of ether oxygens (including phenoxy) is 2. The van der Waals surface area contributed by atoms with E-state index in [2.05, 4.69) is 10.2 Å². The Kier molecular flexibility index (Phi) is 4.40. The number of nitrogens with one attached hydrogen (secondary N) is 1. The lowest BCUT2D eigenvalue weighted by atomic mass is 9.81. The standard InChI is InChI=1S/C17H23N3O3S/c1-5-20-15(21)17(18-16(20)24)10-19(2)9-14(17)11-6-12(22-3)8-13(7-11)23-4/h6-8,14H,5,9-10H2,1-4H3,(H,18,24)/t14-,17+/m1/s1. The number of thiocarbonyl (C=S) groups is 1. The van der Waals surface area contributed by atoms with Crippen molar-refractivity contribution in [1.82, 2.24) is 15.1 Å². The molecule has 1 spiro atoms. The molecule has 0 bridgehead atoms. The van der Waals surface area contributed by atoms with Gasteiger partial charge in [0.15, 0.2) is 5.11 Å². The smallest absolute Gasteiger partial charge is 0.256 e. The van der Waals surface area contributed by atoms with Crippen LogP contribution in [0.5, 0.6) is 11.5 Å². The van der Waals surface area contributed by atoms with Crippen LogP contribution in [0, 0.1) is 0 Å². The summed E-state index contributed by atoms with van der Waals surface area (Å²) in [5.41, 5.74) is 0.288. The second-order valence-corrected chi connectivity index (χ2v) is 6.73. The molecule has 2 saturated heterocycles. The number of methoxy groups -OCH3 is 2. The summed E-state index contributed by atoms with van der Waals surface area (Å²) in [6.45, 7) is 3.89. The van der Waals surface area contributed by atoms with Crippen LogP contribution in [0.3, 0.4) is 0 Å². The van der Waals surface area contributed by atoms with Crippen LogP contribution in [0.25, 0.3) is 0 Å². The van der Waals surface area contributed by atoms with Gasteiger partial charge in [-0.15, -0.1) is 0 Å². The fourth-order valence-electron chi connectivity index (χ4n) is 3.76. The number of likely N-dealkylation sites (N-methyl/N-ethyl adjacent to an activating group) is 2. The van der Waals surface area contributed by atoms with Crippen LogP contribution >= 0.6 is 12.2 Å². The van der Waals surface area contributed by atoms with Gasteiger partial charge in [0.05, 0.1) is 14.2 Å². The van der Waals surface area contributed by atoms with Crippen LogP contribution in [-0.2, 0) is 4.79 Å². The first-order valence-corrected chi connectivity index (χ1v) is 8.41. The van der Waals surface area contributed by atoms with Crippen LogP contribution < -0.4 is 14.8 Å². The second kappa shape index (κ2) is 6.22. The zero-order valence-corrected chi connectivity index (χ0v) is 15.3. The Bertz CT molecular complexity index is 659. The lowest BCUT2D eigenvalue weighted by Crippen LogP contribution is -2.52. The molecule has 1 aromatic carbocycles. The first-order chi connectivity index (χ1) is 11.4. The Balaban J connectivity index is 2.06. The highest BCUT2D eigenvalue weighted by Gasteiger charge is 2.58. The molecule has 2 atom stereocenters. The van der Waals surface area contributed by atoms with Crippen molar-refractivity contribution in [3.63, 3.8) is 0 Å². The summed E-state index contributed by atoms with van der Waals surface area (Å²) in [5, 5.41) is 3.83. The summed E-state index contributed by atoms with van der Waals surface area (Å²) in [6.07, 6.45) is 0. The highest BCUT2D eigenvalue weighted by molar-refractivity contribution is 7.80. The van der Waals surface area contributed by atoms with E-state index in [-0.39, 0.29) is 11.8 Å². The molecule has 0 unspecified atom stereocenters. The van der Waals surface area contributed by atoms with E-state index in [0.717, 1.165) is 23.6 Å². The van der Waals surface area contributed by atoms with Gasteiger partial charge >= 0.3 is 0 Å². The molecule has 0 aliphatic carbocycles. The molecule has 3 rings (SSSR count). The summed E-state index contributed by atoms with van der Waals surface area (Å²) in [6, 6.07) is 5.78. The summed E-state index contributed by atoms with van der Waals surface area (Å²) in [4.78, 5) is 16.9. The minimum Gasteiger partial charge on any atom is -0.497 e. The Labute approximate surface area is 147 Å². The van der Waals surface area contributed by atoms with Crippen molar-refractivity contribution in [2.45, 2.75) is 18.4 Å².